The molecule has 0 aliphatic heterocycles. The van der Waals surface area contributed by atoms with Gasteiger partial charge in [0.1, 0.15) is 0 Å². The molecule has 1 saturated carbocycles. The van der Waals surface area contributed by atoms with Gasteiger partial charge in [0.2, 0.25) is 5.91 Å². The van der Waals surface area contributed by atoms with Crippen molar-refractivity contribution in [3.63, 3.8) is 0 Å². The molecule has 2 N–H and O–H groups in total. The molecular formula is C19H30N2O. The van der Waals surface area contributed by atoms with Crippen molar-refractivity contribution in [2.75, 3.05) is 11.9 Å². The lowest BCUT2D eigenvalue weighted by molar-refractivity contribution is -0.115. The normalized spacial score (nSPS) is 16.9. The fourth-order valence-corrected chi connectivity index (χ4v) is 3.46. The van der Waals surface area contributed by atoms with Gasteiger partial charge in [-0.1, -0.05) is 49.8 Å². The molecule has 0 heterocycles. The molecule has 1 amide bonds. The van der Waals surface area contributed by atoms with Gasteiger partial charge in [0.05, 0.1) is 6.54 Å². The number of hydrogen-bond donors (Lipinski definition) is 2. The predicted octanol–water partition coefficient (Wildman–Crippen LogP) is 4.25. The molecule has 122 valence electrons. The van der Waals surface area contributed by atoms with Gasteiger partial charge in [-0.2, -0.15) is 0 Å². The SMILES string of the molecule is Cc1cc(C)c(NC(=O)CNC2CCCCCCC2)c(C)c1. The van der Waals surface area contributed by atoms with Crippen LogP contribution in [0, 0.1) is 20.8 Å². The summed E-state index contributed by atoms with van der Waals surface area (Å²) < 4.78 is 0. The molecule has 1 aromatic rings. The van der Waals surface area contributed by atoms with Gasteiger partial charge < -0.3 is 10.6 Å². The van der Waals surface area contributed by atoms with Crippen molar-refractivity contribution < 1.29 is 4.79 Å². The zero-order valence-electron chi connectivity index (χ0n) is 14.3. The van der Waals surface area contributed by atoms with Crippen molar-refractivity contribution in [2.45, 2.75) is 71.8 Å². The highest BCUT2D eigenvalue weighted by molar-refractivity contribution is 5.93. The van der Waals surface area contributed by atoms with Crippen molar-refractivity contribution in [1.82, 2.24) is 5.32 Å². The third-order valence-corrected chi connectivity index (χ3v) is 4.60. The average molecular weight is 302 g/mol. The van der Waals surface area contributed by atoms with Crippen molar-refractivity contribution in [2.24, 2.45) is 0 Å². The van der Waals surface area contributed by atoms with Crippen LogP contribution in [0.1, 0.15) is 61.6 Å². The van der Waals surface area contributed by atoms with Crippen LogP contribution in [-0.4, -0.2) is 18.5 Å². The Kier molecular flexibility index (Phi) is 6.44. The summed E-state index contributed by atoms with van der Waals surface area (Å²) in [6.07, 6.45) is 9.04. The minimum Gasteiger partial charge on any atom is -0.324 e. The van der Waals surface area contributed by atoms with Crippen LogP contribution >= 0.6 is 0 Å². The van der Waals surface area contributed by atoms with E-state index >= 15 is 0 Å². The van der Waals surface area contributed by atoms with E-state index in [4.69, 9.17) is 0 Å². The van der Waals surface area contributed by atoms with E-state index in [1.807, 2.05) is 0 Å². The van der Waals surface area contributed by atoms with E-state index in [1.165, 1.54) is 50.5 Å². The summed E-state index contributed by atoms with van der Waals surface area (Å²) >= 11 is 0. The number of benzene rings is 1. The average Bonchev–Trinajstić information content (AvgIpc) is 2.41. The molecule has 0 atom stereocenters. The third-order valence-electron chi connectivity index (χ3n) is 4.60. The van der Waals surface area contributed by atoms with Crippen molar-refractivity contribution in [1.29, 1.82) is 0 Å². The van der Waals surface area contributed by atoms with Crippen LogP contribution in [0.3, 0.4) is 0 Å². The summed E-state index contributed by atoms with van der Waals surface area (Å²) in [5.74, 6) is 0.0668. The second-order valence-corrected chi connectivity index (χ2v) is 6.74. The highest BCUT2D eigenvalue weighted by Gasteiger charge is 2.13. The largest absolute Gasteiger partial charge is 0.324 e. The monoisotopic (exact) mass is 302 g/mol. The first kappa shape index (κ1) is 17.0. The molecule has 2 rings (SSSR count). The molecule has 0 unspecified atom stereocenters. The molecule has 1 fully saturated rings. The summed E-state index contributed by atoms with van der Waals surface area (Å²) in [7, 11) is 0. The van der Waals surface area contributed by atoms with Gasteiger partial charge in [-0.05, 0) is 44.7 Å². The highest BCUT2D eigenvalue weighted by Crippen LogP contribution is 2.22. The minimum absolute atomic E-state index is 0.0668. The van der Waals surface area contributed by atoms with Crippen LogP contribution in [0.15, 0.2) is 12.1 Å². The van der Waals surface area contributed by atoms with Gasteiger partial charge in [0, 0.05) is 11.7 Å². The van der Waals surface area contributed by atoms with Crippen LogP contribution in [0.5, 0.6) is 0 Å². The molecule has 0 bridgehead atoms. The maximum atomic E-state index is 12.2. The number of carbonyl (C=O) groups excluding carboxylic acids is 1. The van der Waals surface area contributed by atoms with Gasteiger partial charge >= 0.3 is 0 Å². The number of anilines is 1. The van der Waals surface area contributed by atoms with E-state index in [1.54, 1.807) is 0 Å². The van der Waals surface area contributed by atoms with Gasteiger partial charge in [0.15, 0.2) is 0 Å². The van der Waals surface area contributed by atoms with Crippen LogP contribution in [0.2, 0.25) is 0 Å². The van der Waals surface area contributed by atoms with Crippen molar-refractivity contribution in [3.05, 3.63) is 28.8 Å². The van der Waals surface area contributed by atoms with Crippen LogP contribution in [-0.2, 0) is 4.79 Å². The van der Waals surface area contributed by atoms with Crippen LogP contribution in [0.4, 0.5) is 5.69 Å². The summed E-state index contributed by atoms with van der Waals surface area (Å²) in [5.41, 5.74) is 4.48. The Morgan fingerprint density at radius 1 is 1.00 bits per heavy atom. The van der Waals surface area contributed by atoms with Crippen LogP contribution < -0.4 is 10.6 Å². The van der Waals surface area contributed by atoms with Gasteiger partial charge in [0.25, 0.3) is 0 Å². The Hall–Kier alpha value is -1.35. The predicted molar refractivity (Wildman–Crippen MR) is 93.4 cm³/mol. The highest BCUT2D eigenvalue weighted by atomic mass is 16.1. The zero-order valence-corrected chi connectivity index (χ0v) is 14.3. The first-order valence-electron chi connectivity index (χ1n) is 8.67. The minimum atomic E-state index is 0.0668. The Bertz CT molecular complexity index is 479. The standard InChI is InChI=1S/C19H30N2O/c1-14-11-15(2)19(16(3)12-14)21-18(22)13-20-17-9-7-5-4-6-8-10-17/h11-12,17,20H,4-10,13H2,1-3H3,(H,21,22). The van der Waals surface area contributed by atoms with E-state index in [-0.39, 0.29) is 5.91 Å². The lowest BCUT2D eigenvalue weighted by atomic mass is 9.97. The maximum absolute atomic E-state index is 12.2. The Balaban J connectivity index is 1.85. The fraction of sp³-hybridized carbons (Fsp3) is 0.632. The summed E-state index contributed by atoms with van der Waals surface area (Å²) in [4.78, 5) is 12.2. The first-order valence-corrected chi connectivity index (χ1v) is 8.67. The Labute approximate surface area is 134 Å². The van der Waals surface area contributed by atoms with Gasteiger partial charge in [-0.15, -0.1) is 0 Å². The molecule has 0 aromatic heterocycles. The summed E-state index contributed by atoms with van der Waals surface area (Å²) in [6.45, 7) is 6.61. The molecular weight excluding hydrogens is 272 g/mol. The first-order chi connectivity index (χ1) is 10.6. The fourth-order valence-electron chi connectivity index (χ4n) is 3.46. The van der Waals surface area contributed by atoms with E-state index in [0.717, 1.165) is 16.8 Å². The van der Waals surface area contributed by atoms with E-state index in [2.05, 4.69) is 43.5 Å². The Morgan fingerprint density at radius 3 is 2.14 bits per heavy atom. The molecule has 3 nitrogen and oxygen atoms in total. The smallest absolute Gasteiger partial charge is 0.238 e. The van der Waals surface area contributed by atoms with Gasteiger partial charge in [-0.3, -0.25) is 4.79 Å². The lowest BCUT2D eigenvalue weighted by Crippen LogP contribution is -2.36. The molecule has 3 heteroatoms. The zero-order chi connectivity index (χ0) is 15.9. The number of amides is 1. The van der Waals surface area contributed by atoms with Crippen LogP contribution in [0.25, 0.3) is 0 Å². The molecule has 0 radical (unpaired) electrons. The Morgan fingerprint density at radius 2 is 1.55 bits per heavy atom. The number of aryl methyl sites for hydroxylation is 3. The van der Waals surface area contributed by atoms with Crippen molar-refractivity contribution >= 4 is 11.6 Å². The number of carbonyl (C=O) groups is 1. The quantitative estimate of drug-likeness (QED) is 0.873. The third kappa shape index (κ3) is 5.13. The van der Waals surface area contributed by atoms with Gasteiger partial charge in [-0.25, -0.2) is 0 Å². The van der Waals surface area contributed by atoms with E-state index < -0.39 is 0 Å². The topological polar surface area (TPSA) is 41.1 Å². The second kappa shape index (κ2) is 8.33. The summed E-state index contributed by atoms with van der Waals surface area (Å²) in [5, 5.41) is 6.52. The summed E-state index contributed by atoms with van der Waals surface area (Å²) in [6, 6.07) is 4.74. The lowest BCUT2D eigenvalue weighted by Gasteiger charge is -2.21. The molecule has 22 heavy (non-hydrogen) atoms. The molecule has 0 spiro atoms. The number of hydrogen-bond acceptors (Lipinski definition) is 2. The second-order valence-electron chi connectivity index (χ2n) is 6.74. The molecule has 0 saturated heterocycles. The molecule has 1 aromatic carbocycles. The number of rotatable bonds is 4. The molecule has 1 aliphatic rings. The van der Waals surface area contributed by atoms with E-state index in [0.29, 0.717) is 12.6 Å². The maximum Gasteiger partial charge on any atom is 0.238 e. The van der Waals surface area contributed by atoms with Crippen molar-refractivity contribution in [3.8, 4) is 0 Å². The van der Waals surface area contributed by atoms with E-state index in [9.17, 15) is 4.79 Å². The molecule has 1 aliphatic carbocycles. The number of nitrogens with one attached hydrogen (secondary N) is 2.